The molecular weight excluding hydrogens is 461 g/mol. The van der Waals surface area contributed by atoms with Crippen LogP contribution in [0.25, 0.3) is 11.1 Å². The summed E-state index contributed by atoms with van der Waals surface area (Å²) >= 11 is 0. The number of benzene rings is 2. The molecule has 180 valence electrons. The summed E-state index contributed by atoms with van der Waals surface area (Å²) in [6.07, 6.45) is -4.19. The van der Waals surface area contributed by atoms with Crippen molar-refractivity contribution in [1.29, 1.82) is 0 Å². The molecule has 1 amide bonds. The van der Waals surface area contributed by atoms with Crippen LogP contribution in [-0.2, 0) is 25.5 Å². The number of hydroxylamine groups is 1. The molecule has 0 bridgehead atoms. The maximum Gasteiger partial charge on any atom is 0.416 e. The third-order valence-corrected chi connectivity index (χ3v) is 7.39. The lowest BCUT2D eigenvalue weighted by Gasteiger charge is -2.27. The second-order valence-electron chi connectivity index (χ2n) is 7.80. The zero-order chi connectivity index (χ0) is 24.1. The highest BCUT2D eigenvalue weighted by Crippen LogP contribution is 2.31. The van der Waals surface area contributed by atoms with Crippen molar-refractivity contribution in [3.63, 3.8) is 0 Å². The zero-order valence-electron chi connectivity index (χ0n) is 17.7. The molecule has 1 unspecified atom stereocenters. The highest BCUT2D eigenvalue weighted by molar-refractivity contribution is 7.91. The molecule has 0 spiro atoms. The summed E-state index contributed by atoms with van der Waals surface area (Å²) in [6, 6.07) is 10.3. The molecule has 0 saturated carbocycles. The standard InChI is InChI=1S/C22H25F3N2O5S/c23-22(24,25)19-5-1-16(2-6-19)17-3-7-20(8-4-17)33(30,31)15-18(21(28)26-29)9-10-27-11-13-32-14-12-27/h1-8,18,29H,9-15H2,(H,26,28). The van der Waals surface area contributed by atoms with E-state index in [0.717, 1.165) is 12.1 Å². The lowest BCUT2D eigenvalue weighted by atomic mass is 10.0. The van der Waals surface area contributed by atoms with Gasteiger partial charge in [0.15, 0.2) is 9.84 Å². The first-order valence-corrected chi connectivity index (χ1v) is 12.0. The van der Waals surface area contributed by atoms with Crippen LogP contribution in [0.4, 0.5) is 13.2 Å². The van der Waals surface area contributed by atoms with Gasteiger partial charge in [-0.15, -0.1) is 0 Å². The summed E-state index contributed by atoms with van der Waals surface area (Å²) in [4.78, 5) is 14.1. The van der Waals surface area contributed by atoms with Crippen LogP contribution in [0, 0.1) is 5.92 Å². The van der Waals surface area contributed by atoms with Gasteiger partial charge >= 0.3 is 6.18 Å². The molecule has 2 N–H and O–H groups in total. The first kappa shape index (κ1) is 25.2. The molecule has 1 saturated heterocycles. The average molecular weight is 487 g/mol. The number of carbonyl (C=O) groups excluding carboxylic acids is 1. The van der Waals surface area contributed by atoms with Gasteiger partial charge in [-0.3, -0.25) is 14.9 Å². The van der Waals surface area contributed by atoms with Crippen molar-refractivity contribution in [3.05, 3.63) is 54.1 Å². The van der Waals surface area contributed by atoms with Gasteiger partial charge in [-0.25, -0.2) is 13.9 Å². The van der Waals surface area contributed by atoms with Crippen molar-refractivity contribution in [2.45, 2.75) is 17.5 Å². The first-order valence-electron chi connectivity index (χ1n) is 10.3. The average Bonchev–Trinajstić information content (AvgIpc) is 2.81. The smallest absolute Gasteiger partial charge is 0.379 e. The molecule has 2 aromatic rings. The molecule has 33 heavy (non-hydrogen) atoms. The SMILES string of the molecule is O=C(NO)C(CCN1CCOCC1)CS(=O)(=O)c1ccc(-c2ccc(C(F)(F)F)cc2)cc1. The second kappa shape index (κ2) is 10.6. The molecule has 1 fully saturated rings. The summed E-state index contributed by atoms with van der Waals surface area (Å²) in [6.45, 7) is 3.00. The number of hydrogen-bond acceptors (Lipinski definition) is 6. The number of nitrogens with zero attached hydrogens (tertiary/aromatic N) is 1. The Bertz CT molecular complexity index is 1040. The first-order chi connectivity index (χ1) is 15.6. The van der Waals surface area contributed by atoms with Crippen LogP contribution in [0.3, 0.4) is 0 Å². The van der Waals surface area contributed by atoms with E-state index in [1.54, 1.807) is 5.48 Å². The number of sulfone groups is 1. The van der Waals surface area contributed by atoms with Crippen LogP contribution in [0.15, 0.2) is 53.4 Å². The van der Waals surface area contributed by atoms with E-state index in [0.29, 0.717) is 44.0 Å². The fourth-order valence-corrected chi connectivity index (χ4v) is 5.20. The fraction of sp³-hybridized carbons (Fsp3) is 0.409. The topological polar surface area (TPSA) is 95.9 Å². The van der Waals surface area contributed by atoms with E-state index in [2.05, 4.69) is 4.90 Å². The molecule has 11 heteroatoms. The molecule has 7 nitrogen and oxygen atoms in total. The van der Waals surface area contributed by atoms with Crippen molar-refractivity contribution in [2.75, 3.05) is 38.6 Å². The predicted octanol–water partition coefficient (Wildman–Crippen LogP) is 2.99. The van der Waals surface area contributed by atoms with Crippen molar-refractivity contribution < 1.29 is 36.3 Å². The van der Waals surface area contributed by atoms with E-state index in [9.17, 15) is 26.4 Å². The summed E-state index contributed by atoms with van der Waals surface area (Å²) < 4.78 is 69.3. The van der Waals surface area contributed by atoms with E-state index >= 15 is 0 Å². The predicted molar refractivity (Wildman–Crippen MR) is 114 cm³/mol. The summed E-state index contributed by atoms with van der Waals surface area (Å²) in [5, 5.41) is 9.04. The largest absolute Gasteiger partial charge is 0.416 e. The molecule has 0 aromatic heterocycles. The second-order valence-corrected chi connectivity index (χ2v) is 9.83. The lowest BCUT2D eigenvalue weighted by molar-refractivity contribution is -0.137. The van der Waals surface area contributed by atoms with Crippen molar-refractivity contribution in [2.24, 2.45) is 5.92 Å². The molecule has 1 atom stereocenters. The molecule has 0 aliphatic carbocycles. The van der Waals surface area contributed by atoms with Crippen LogP contribution >= 0.6 is 0 Å². The Labute approximate surface area is 190 Å². The summed E-state index contributed by atoms with van der Waals surface area (Å²) in [5.74, 6) is -2.20. The number of morpholine rings is 1. The van der Waals surface area contributed by atoms with Gasteiger partial charge in [0.25, 0.3) is 0 Å². The number of halogens is 3. The number of rotatable bonds is 8. The van der Waals surface area contributed by atoms with Crippen LogP contribution in [0.1, 0.15) is 12.0 Å². The molecule has 3 rings (SSSR count). The van der Waals surface area contributed by atoms with Gasteiger partial charge in [-0.2, -0.15) is 13.2 Å². The quantitative estimate of drug-likeness (QED) is 0.440. The monoisotopic (exact) mass is 486 g/mol. The van der Waals surface area contributed by atoms with Crippen LogP contribution in [0.5, 0.6) is 0 Å². The Balaban J connectivity index is 1.70. The third kappa shape index (κ3) is 6.76. The minimum Gasteiger partial charge on any atom is -0.379 e. The maximum atomic E-state index is 12.9. The van der Waals surface area contributed by atoms with Gasteiger partial charge < -0.3 is 4.74 Å². The van der Waals surface area contributed by atoms with Gasteiger partial charge in [0, 0.05) is 13.1 Å². The minimum atomic E-state index is -4.43. The fourth-order valence-electron chi connectivity index (χ4n) is 3.61. The number of nitrogens with one attached hydrogen (secondary N) is 1. The van der Waals surface area contributed by atoms with E-state index in [-0.39, 0.29) is 11.3 Å². The van der Waals surface area contributed by atoms with Crippen molar-refractivity contribution in [3.8, 4) is 11.1 Å². The molecular formula is C22H25F3N2O5S. The highest BCUT2D eigenvalue weighted by Gasteiger charge is 2.30. The molecule has 2 aromatic carbocycles. The number of carbonyl (C=O) groups is 1. The summed E-state index contributed by atoms with van der Waals surface area (Å²) in [7, 11) is -3.86. The van der Waals surface area contributed by atoms with Crippen LogP contribution < -0.4 is 5.48 Å². The van der Waals surface area contributed by atoms with Gasteiger partial charge in [0.1, 0.15) is 0 Å². The van der Waals surface area contributed by atoms with E-state index in [1.807, 2.05) is 0 Å². The molecule has 1 aliphatic heterocycles. The lowest BCUT2D eigenvalue weighted by Crippen LogP contribution is -2.40. The number of hydrogen-bond donors (Lipinski definition) is 2. The number of amides is 1. The van der Waals surface area contributed by atoms with Gasteiger partial charge in [0.05, 0.1) is 35.3 Å². The van der Waals surface area contributed by atoms with E-state index in [4.69, 9.17) is 9.94 Å². The highest BCUT2D eigenvalue weighted by atomic mass is 32.2. The van der Waals surface area contributed by atoms with Crippen LogP contribution in [-0.4, -0.2) is 63.0 Å². The number of ether oxygens (including phenoxy) is 1. The molecule has 0 radical (unpaired) electrons. The Hall–Kier alpha value is -2.47. The Morgan fingerprint density at radius 3 is 2.09 bits per heavy atom. The molecule has 1 aliphatic rings. The van der Waals surface area contributed by atoms with Crippen LogP contribution in [0.2, 0.25) is 0 Å². The van der Waals surface area contributed by atoms with Gasteiger partial charge in [0.2, 0.25) is 5.91 Å². The van der Waals surface area contributed by atoms with Gasteiger partial charge in [-0.1, -0.05) is 24.3 Å². The molecule has 1 heterocycles. The Morgan fingerprint density at radius 1 is 1.03 bits per heavy atom. The summed E-state index contributed by atoms with van der Waals surface area (Å²) in [5.41, 5.74) is 1.84. The normalized spacial score (nSPS) is 16.4. The van der Waals surface area contributed by atoms with E-state index < -0.39 is 39.2 Å². The van der Waals surface area contributed by atoms with Crippen molar-refractivity contribution in [1.82, 2.24) is 10.4 Å². The van der Waals surface area contributed by atoms with Gasteiger partial charge in [-0.05, 0) is 48.4 Å². The maximum absolute atomic E-state index is 12.9. The van der Waals surface area contributed by atoms with Crippen molar-refractivity contribution >= 4 is 15.7 Å². The zero-order valence-corrected chi connectivity index (χ0v) is 18.5. The number of alkyl halides is 3. The Kier molecular flexibility index (Phi) is 8.11. The third-order valence-electron chi connectivity index (χ3n) is 5.56. The Morgan fingerprint density at radius 2 is 1.58 bits per heavy atom. The minimum absolute atomic E-state index is 0.0136. The van der Waals surface area contributed by atoms with E-state index in [1.165, 1.54) is 36.4 Å².